The topological polar surface area (TPSA) is 29.9 Å². The predicted octanol–water partition coefficient (Wildman–Crippen LogP) is 2.61. The van der Waals surface area contributed by atoms with Crippen molar-refractivity contribution in [1.82, 2.24) is 14.9 Å². The molecule has 3 nitrogen and oxygen atoms in total. The molecule has 1 N–H and O–H groups in total. The van der Waals surface area contributed by atoms with E-state index >= 15 is 0 Å². The Morgan fingerprint density at radius 2 is 2.37 bits per heavy atom. The summed E-state index contributed by atoms with van der Waals surface area (Å²) in [6, 6.07) is 6.00. The maximum Gasteiger partial charge on any atom is 0.147 e. The van der Waals surface area contributed by atoms with E-state index in [4.69, 9.17) is 0 Å². The molecule has 1 aromatic heterocycles. The van der Waals surface area contributed by atoms with Crippen molar-refractivity contribution >= 4 is 0 Å². The minimum Gasteiger partial charge on any atom is -0.314 e. The Kier molecular flexibility index (Phi) is 3.34. The molecule has 1 aliphatic heterocycles. The first-order valence-electron chi connectivity index (χ1n) is 6.76. The van der Waals surface area contributed by atoms with Gasteiger partial charge in [-0.05, 0) is 50.4 Å². The Morgan fingerprint density at radius 1 is 1.47 bits per heavy atom. The van der Waals surface area contributed by atoms with Crippen molar-refractivity contribution in [1.29, 1.82) is 0 Å². The van der Waals surface area contributed by atoms with Gasteiger partial charge in [-0.3, -0.25) is 0 Å². The van der Waals surface area contributed by atoms with Gasteiger partial charge in [-0.1, -0.05) is 6.07 Å². The van der Waals surface area contributed by atoms with Crippen molar-refractivity contribution in [3.63, 3.8) is 0 Å². The highest BCUT2D eigenvalue weighted by Gasteiger charge is 2.15. The van der Waals surface area contributed by atoms with Gasteiger partial charge in [-0.2, -0.15) is 0 Å². The van der Waals surface area contributed by atoms with Crippen molar-refractivity contribution in [2.45, 2.75) is 32.2 Å². The van der Waals surface area contributed by atoms with E-state index in [9.17, 15) is 4.39 Å². The lowest BCUT2D eigenvalue weighted by molar-refractivity contribution is 0.589. The Bertz CT molecular complexity index is 571. The maximum absolute atomic E-state index is 14.2. The van der Waals surface area contributed by atoms with Crippen molar-refractivity contribution in [3.05, 3.63) is 47.8 Å². The summed E-state index contributed by atoms with van der Waals surface area (Å²) in [5.41, 5.74) is 1.62. The van der Waals surface area contributed by atoms with Crippen LogP contribution in [0.4, 0.5) is 4.39 Å². The molecule has 0 aliphatic carbocycles. The van der Waals surface area contributed by atoms with Crippen LogP contribution in [0.15, 0.2) is 30.6 Å². The number of halogens is 1. The van der Waals surface area contributed by atoms with E-state index in [2.05, 4.69) is 10.3 Å². The summed E-state index contributed by atoms with van der Waals surface area (Å²) in [7, 11) is 0. The van der Waals surface area contributed by atoms with E-state index in [1.807, 2.05) is 19.1 Å². The molecule has 4 heteroatoms. The molecule has 0 saturated carbocycles. The van der Waals surface area contributed by atoms with Crippen molar-refractivity contribution in [2.75, 3.05) is 6.54 Å². The molecular formula is C15H18FN3. The molecule has 1 unspecified atom stereocenters. The molecule has 3 rings (SSSR count). The van der Waals surface area contributed by atoms with Crippen LogP contribution in [0, 0.1) is 12.7 Å². The molecule has 1 saturated heterocycles. The van der Waals surface area contributed by atoms with E-state index in [-0.39, 0.29) is 5.82 Å². The van der Waals surface area contributed by atoms with Crippen molar-refractivity contribution < 1.29 is 4.39 Å². The fourth-order valence-electron chi connectivity index (χ4n) is 2.72. The number of imidazole rings is 1. The second-order valence-electron chi connectivity index (χ2n) is 5.13. The summed E-state index contributed by atoms with van der Waals surface area (Å²) in [6.45, 7) is 2.95. The molecular weight excluding hydrogens is 241 g/mol. The first-order valence-corrected chi connectivity index (χ1v) is 6.76. The zero-order valence-electron chi connectivity index (χ0n) is 11.1. The van der Waals surface area contributed by atoms with Crippen LogP contribution in [0.25, 0.3) is 5.69 Å². The van der Waals surface area contributed by atoms with Gasteiger partial charge in [0.05, 0.1) is 5.69 Å². The monoisotopic (exact) mass is 259 g/mol. The zero-order chi connectivity index (χ0) is 13.2. The van der Waals surface area contributed by atoms with Gasteiger partial charge in [-0.15, -0.1) is 0 Å². The molecule has 0 radical (unpaired) electrons. The molecule has 1 aromatic carbocycles. The van der Waals surface area contributed by atoms with Crippen LogP contribution in [0.3, 0.4) is 0 Å². The standard InChI is InChI=1S/C15H18FN3/c1-11-17-7-8-19(11)15-5-4-12(10-14(15)16)9-13-3-2-6-18-13/h4-5,7-8,10,13,18H,2-3,6,9H2,1H3. The molecule has 2 heterocycles. The minimum atomic E-state index is -0.184. The molecule has 100 valence electrons. The molecule has 1 atom stereocenters. The van der Waals surface area contributed by atoms with Crippen LogP contribution in [-0.4, -0.2) is 22.1 Å². The van der Waals surface area contributed by atoms with Crippen LogP contribution >= 0.6 is 0 Å². The van der Waals surface area contributed by atoms with Gasteiger partial charge in [0, 0.05) is 18.4 Å². The maximum atomic E-state index is 14.2. The number of hydrogen-bond acceptors (Lipinski definition) is 2. The summed E-state index contributed by atoms with van der Waals surface area (Å²) in [5, 5.41) is 3.44. The fourth-order valence-corrected chi connectivity index (χ4v) is 2.72. The quantitative estimate of drug-likeness (QED) is 0.918. The van der Waals surface area contributed by atoms with Gasteiger partial charge in [-0.25, -0.2) is 9.37 Å². The number of aryl methyl sites for hydroxylation is 1. The van der Waals surface area contributed by atoms with Gasteiger partial charge in [0.2, 0.25) is 0 Å². The zero-order valence-corrected chi connectivity index (χ0v) is 11.1. The molecule has 2 aromatic rings. The lowest BCUT2D eigenvalue weighted by Crippen LogP contribution is -2.23. The largest absolute Gasteiger partial charge is 0.314 e. The van der Waals surface area contributed by atoms with Gasteiger partial charge < -0.3 is 9.88 Å². The Balaban J connectivity index is 1.83. The van der Waals surface area contributed by atoms with Crippen LogP contribution in [0.2, 0.25) is 0 Å². The first kappa shape index (κ1) is 12.4. The van der Waals surface area contributed by atoms with E-state index in [1.54, 1.807) is 23.0 Å². The summed E-state index contributed by atoms with van der Waals surface area (Å²) >= 11 is 0. The highest BCUT2D eigenvalue weighted by Crippen LogP contribution is 2.19. The van der Waals surface area contributed by atoms with Crippen LogP contribution in [-0.2, 0) is 6.42 Å². The predicted molar refractivity (Wildman–Crippen MR) is 73.0 cm³/mol. The Hall–Kier alpha value is -1.68. The first-order chi connectivity index (χ1) is 9.24. The number of nitrogens with one attached hydrogen (secondary N) is 1. The molecule has 0 bridgehead atoms. The number of nitrogens with zero attached hydrogens (tertiary/aromatic N) is 2. The van der Waals surface area contributed by atoms with Gasteiger partial charge in [0.25, 0.3) is 0 Å². The molecule has 0 amide bonds. The second-order valence-corrected chi connectivity index (χ2v) is 5.13. The number of rotatable bonds is 3. The summed E-state index contributed by atoms with van der Waals surface area (Å²) < 4.78 is 16.0. The average molecular weight is 259 g/mol. The van der Waals surface area contributed by atoms with E-state index < -0.39 is 0 Å². The third kappa shape index (κ3) is 2.54. The summed E-state index contributed by atoms with van der Waals surface area (Å²) in [5.74, 6) is 0.612. The van der Waals surface area contributed by atoms with Crippen LogP contribution in [0.5, 0.6) is 0 Å². The fraction of sp³-hybridized carbons (Fsp3) is 0.400. The van der Waals surface area contributed by atoms with E-state index in [0.29, 0.717) is 11.7 Å². The van der Waals surface area contributed by atoms with Crippen molar-refractivity contribution in [3.8, 4) is 5.69 Å². The van der Waals surface area contributed by atoms with Gasteiger partial charge in [0.15, 0.2) is 0 Å². The third-order valence-electron chi connectivity index (χ3n) is 3.74. The lowest BCUT2D eigenvalue weighted by atomic mass is 10.0. The van der Waals surface area contributed by atoms with Crippen LogP contribution < -0.4 is 5.32 Å². The average Bonchev–Trinajstić information content (AvgIpc) is 3.02. The normalized spacial score (nSPS) is 18.9. The Labute approximate surface area is 112 Å². The smallest absolute Gasteiger partial charge is 0.147 e. The number of hydrogen-bond donors (Lipinski definition) is 1. The Morgan fingerprint density at radius 3 is 3.00 bits per heavy atom. The third-order valence-corrected chi connectivity index (χ3v) is 3.74. The van der Waals surface area contributed by atoms with Gasteiger partial charge >= 0.3 is 0 Å². The van der Waals surface area contributed by atoms with E-state index in [1.165, 1.54) is 12.8 Å². The van der Waals surface area contributed by atoms with Crippen molar-refractivity contribution in [2.24, 2.45) is 0 Å². The summed E-state index contributed by atoms with van der Waals surface area (Å²) in [4.78, 5) is 4.13. The lowest BCUT2D eigenvalue weighted by Gasteiger charge is -2.12. The second kappa shape index (κ2) is 5.13. The molecule has 1 fully saturated rings. The molecule has 0 spiro atoms. The number of benzene rings is 1. The minimum absolute atomic E-state index is 0.184. The SMILES string of the molecule is Cc1nccn1-c1ccc(CC2CCCN2)cc1F. The number of aromatic nitrogens is 2. The van der Waals surface area contributed by atoms with Crippen LogP contribution in [0.1, 0.15) is 24.2 Å². The molecule has 1 aliphatic rings. The highest BCUT2D eigenvalue weighted by atomic mass is 19.1. The van der Waals surface area contributed by atoms with E-state index in [0.717, 1.165) is 24.4 Å². The molecule has 19 heavy (non-hydrogen) atoms. The highest BCUT2D eigenvalue weighted by molar-refractivity contribution is 5.38. The van der Waals surface area contributed by atoms with Gasteiger partial charge in [0.1, 0.15) is 11.6 Å². The summed E-state index contributed by atoms with van der Waals surface area (Å²) in [6.07, 6.45) is 6.78.